The number of aliphatic imine (C=N–C) groups is 1. The summed E-state index contributed by atoms with van der Waals surface area (Å²) >= 11 is 0. The number of rotatable bonds is 11. The van der Waals surface area contributed by atoms with Gasteiger partial charge in [-0.3, -0.25) is 4.99 Å². The van der Waals surface area contributed by atoms with Gasteiger partial charge >= 0.3 is 0 Å². The van der Waals surface area contributed by atoms with Crippen LogP contribution in [0.15, 0.2) is 4.99 Å². The number of halogens is 1. The second-order valence-corrected chi connectivity index (χ2v) is 6.22. The lowest BCUT2D eigenvalue weighted by Gasteiger charge is -2.12. The molecule has 0 aliphatic rings. The topological polar surface area (TPSA) is 91.8 Å². The van der Waals surface area contributed by atoms with Crippen molar-refractivity contribution in [2.24, 2.45) is 4.99 Å². The molecule has 0 atom stereocenters. The molecule has 0 aromatic rings. The van der Waals surface area contributed by atoms with Crippen LogP contribution in [0.1, 0.15) is 26.7 Å². The highest BCUT2D eigenvalue weighted by molar-refractivity contribution is 14.0. The van der Waals surface area contributed by atoms with Gasteiger partial charge in [0, 0.05) is 39.9 Å². The molecule has 21 heavy (non-hydrogen) atoms. The molecule has 0 fully saturated rings. The normalized spacial score (nSPS) is 11.9. The summed E-state index contributed by atoms with van der Waals surface area (Å²) in [6, 6.07) is 0. The van der Waals surface area contributed by atoms with Crippen LogP contribution >= 0.6 is 24.0 Å². The zero-order chi connectivity index (χ0) is 15.3. The maximum Gasteiger partial charge on any atom is 0.211 e. The largest absolute Gasteiger partial charge is 0.382 e. The van der Waals surface area contributed by atoms with Crippen molar-refractivity contribution in [1.29, 1.82) is 0 Å². The number of hydrogen-bond acceptors (Lipinski definition) is 4. The van der Waals surface area contributed by atoms with E-state index in [1.807, 2.05) is 6.92 Å². The fourth-order valence-corrected chi connectivity index (χ4v) is 2.01. The van der Waals surface area contributed by atoms with Crippen LogP contribution < -0.4 is 15.4 Å². The van der Waals surface area contributed by atoms with Crippen molar-refractivity contribution in [2.45, 2.75) is 26.7 Å². The lowest BCUT2D eigenvalue weighted by Crippen LogP contribution is -2.42. The minimum Gasteiger partial charge on any atom is -0.382 e. The van der Waals surface area contributed by atoms with Gasteiger partial charge in [0.2, 0.25) is 10.0 Å². The van der Waals surface area contributed by atoms with E-state index < -0.39 is 10.0 Å². The Kier molecular flexibility index (Phi) is 16.3. The van der Waals surface area contributed by atoms with Gasteiger partial charge in [0.1, 0.15) is 0 Å². The Morgan fingerprint density at radius 1 is 1.10 bits per heavy atom. The van der Waals surface area contributed by atoms with Crippen LogP contribution in [0.5, 0.6) is 0 Å². The monoisotopic (exact) mass is 436 g/mol. The third-order valence-electron chi connectivity index (χ3n) is 2.56. The van der Waals surface area contributed by atoms with E-state index in [0.29, 0.717) is 19.0 Å². The number of unbranched alkanes of at least 4 members (excludes halogenated alkanes) is 1. The molecule has 0 spiro atoms. The van der Waals surface area contributed by atoms with Crippen LogP contribution in [0.4, 0.5) is 0 Å². The van der Waals surface area contributed by atoms with Gasteiger partial charge in [-0.1, -0.05) is 0 Å². The summed E-state index contributed by atoms with van der Waals surface area (Å²) in [5.74, 6) is 0.775. The molecule has 0 aromatic heterocycles. The lowest BCUT2D eigenvalue weighted by atomic mass is 10.3. The van der Waals surface area contributed by atoms with Gasteiger partial charge in [0.25, 0.3) is 0 Å². The number of hydrogen-bond donors (Lipinski definition) is 3. The molecule has 128 valence electrons. The van der Waals surface area contributed by atoms with Crippen molar-refractivity contribution in [3.8, 4) is 0 Å². The first-order valence-electron chi connectivity index (χ1n) is 7.05. The van der Waals surface area contributed by atoms with E-state index in [2.05, 4.69) is 20.3 Å². The van der Waals surface area contributed by atoms with Crippen molar-refractivity contribution in [3.63, 3.8) is 0 Å². The maximum atomic E-state index is 11.2. The molecule has 0 aliphatic carbocycles. The molecule has 0 saturated heterocycles. The Morgan fingerprint density at radius 3 is 2.33 bits per heavy atom. The molecule has 0 aromatic carbocycles. The average Bonchev–Trinajstić information content (AvgIpc) is 2.44. The standard InChI is InChI=1S/C12H28N4O3S.HI/c1-4-19-11-7-6-8-14-12(13-3)15-9-10-16-20(17,18)5-2;/h16H,4-11H2,1-3H3,(H2,13,14,15);1H. The molecule has 7 nitrogen and oxygen atoms in total. The van der Waals surface area contributed by atoms with Crippen molar-refractivity contribution in [1.82, 2.24) is 15.4 Å². The van der Waals surface area contributed by atoms with Gasteiger partial charge in [0.05, 0.1) is 5.75 Å². The molecule has 0 amide bonds. The number of nitrogens with zero attached hydrogens (tertiary/aromatic N) is 1. The van der Waals surface area contributed by atoms with Gasteiger partial charge in [-0.05, 0) is 26.7 Å². The number of guanidine groups is 1. The molecule has 0 rings (SSSR count). The summed E-state index contributed by atoms with van der Waals surface area (Å²) in [4.78, 5) is 4.06. The third-order valence-corrected chi connectivity index (χ3v) is 3.96. The summed E-state index contributed by atoms with van der Waals surface area (Å²) in [7, 11) is -1.43. The summed E-state index contributed by atoms with van der Waals surface area (Å²) < 4.78 is 30.2. The molecule has 0 bridgehead atoms. The highest BCUT2D eigenvalue weighted by Gasteiger charge is 2.04. The summed E-state index contributed by atoms with van der Waals surface area (Å²) in [5, 5.41) is 6.21. The van der Waals surface area contributed by atoms with E-state index in [-0.39, 0.29) is 29.7 Å². The van der Waals surface area contributed by atoms with Crippen LogP contribution in [0.2, 0.25) is 0 Å². The van der Waals surface area contributed by atoms with Gasteiger partial charge in [-0.2, -0.15) is 0 Å². The van der Waals surface area contributed by atoms with E-state index in [1.165, 1.54) is 0 Å². The van der Waals surface area contributed by atoms with Crippen LogP contribution in [-0.4, -0.2) is 60.0 Å². The van der Waals surface area contributed by atoms with Crippen molar-refractivity contribution >= 4 is 40.0 Å². The van der Waals surface area contributed by atoms with Gasteiger partial charge < -0.3 is 15.4 Å². The Labute approximate surface area is 145 Å². The zero-order valence-corrected chi connectivity index (χ0v) is 16.3. The first-order valence-corrected chi connectivity index (χ1v) is 8.70. The quantitative estimate of drug-likeness (QED) is 0.190. The first-order chi connectivity index (χ1) is 9.55. The second-order valence-electron chi connectivity index (χ2n) is 4.13. The average molecular weight is 436 g/mol. The van der Waals surface area contributed by atoms with Gasteiger partial charge in [0.15, 0.2) is 5.96 Å². The minimum atomic E-state index is -3.12. The minimum absolute atomic E-state index is 0. The van der Waals surface area contributed by atoms with E-state index in [0.717, 1.165) is 32.6 Å². The van der Waals surface area contributed by atoms with E-state index in [1.54, 1.807) is 14.0 Å². The van der Waals surface area contributed by atoms with Crippen LogP contribution in [0.25, 0.3) is 0 Å². The Bertz CT molecular complexity index is 364. The first kappa shape index (κ1) is 23.1. The third kappa shape index (κ3) is 14.6. The molecule has 0 unspecified atom stereocenters. The van der Waals surface area contributed by atoms with Gasteiger partial charge in [-0.15, -0.1) is 24.0 Å². The number of nitrogens with one attached hydrogen (secondary N) is 3. The van der Waals surface area contributed by atoms with Crippen molar-refractivity contribution in [3.05, 3.63) is 0 Å². The maximum absolute atomic E-state index is 11.2. The summed E-state index contributed by atoms with van der Waals surface area (Å²) in [5.41, 5.74) is 0. The fraction of sp³-hybridized carbons (Fsp3) is 0.917. The molecule has 0 aliphatic heterocycles. The second kappa shape index (κ2) is 14.8. The number of ether oxygens (including phenoxy) is 1. The van der Waals surface area contributed by atoms with E-state index in [4.69, 9.17) is 4.74 Å². The van der Waals surface area contributed by atoms with Crippen LogP contribution in [0, 0.1) is 0 Å². The smallest absolute Gasteiger partial charge is 0.211 e. The predicted molar refractivity (Wildman–Crippen MR) is 98.0 cm³/mol. The Hall–Kier alpha value is -0.130. The number of sulfonamides is 1. The molecule has 0 heterocycles. The van der Waals surface area contributed by atoms with E-state index in [9.17, 15) is 8.42 Å². The van der Waals surface area contributed by atoms with Crippen LogP contribution in [0.3, 0.4) is 0 Å². The van der Waals surface area contributed by atoms with Crippen molar-refractivity contribution < 1.29 is 13.2 Å². The SMILES string of the molecule is CCOCCCCNC(=NC)NCCNS(=O)(=O)CC.I. The molecule has 3 N–H and O–H groups in total. The Balaban J connectivity index is 0. The summed E-state index contributed by atoms with van der Waals surface area (Å²) in [6.07, 6.45) is 2.01. The lowest BCUT2D eigenvalue weighted by molar-refractivity contribution is 0.143. The molecular formula is C12H29IN4O3S. The molecule has 0 radical (unpaired) electrons. The highest BCUT2D eigenvalue weighted by atomic mass is 127. The predicted octanol–water partition coefficient (Wildman–Crippen LogP) is 0.525. The molecule has 0 saturated carbocycles. The van der Waals surface area contributed by atoms with E-state index >= 15 is 0 Å². The van der Waals surface area contributed by atoms with Gasteiger partial charge in [-0.25, -0.2) is 13.1 Å². The molecular weight excluding hydrogens is 407 g/mol. The Morgan fingerprint density at radius 2 is 1.76 bits per heavy atom. The van der Waals surface area contributed by atoms with Crippen LogP contribution in [-0.2, 0) is 14.8 Å². The highest BCUT2D eigenvalue weighted by Crippen LogP contribution is 1.88. The summed E-state index contributed by atoms with van der Waals surface area (Å²) in [6.45, 7) is 6.79. The fourth-order valence-electron chi connectivity index (χ4n) is 1.39. The molecule has 9 heteroatoms. The van der Waals surface area contributed by atoms with Crippen molar-refractivity contribution in [2.75, 3.05) is 45.6 Å². The zero-order valence-electron chi connectivity index (χ0n) is 13.1.